The third-order valence-electron chi connectivity index (χ3n) is 2.44. The topological polar surface area (TPSA) is 73.6 Å². The lowest BCUT2D eigenvalue weighted by Gasteiger charge is -2.15. The van der Waals surface area contributed by atoms with Crippen LogP contribution >= 0.6 is 15.9 Å². The Labute approximate surface area is 121 Å². The molecule has 0 aliphatic carbocycles. The lowest BCUT2D eigenvalue weighted by atomic mass is 10.2. The molecule has 1 unspecified atom stereocenters. The Morgan fingerprint density at radius 3 is 2.79 bits per heavy atom. The normalized spacial score (nSPS) is 12.0. The lowest BCUT2D eigenvalue weighted by molar-refractivity contribution is -0.124. The Hall–Kier alpha value is -1.27. The Bertz CT molecular complexity index is 429. The van der Waals surface area contributed by atoms with Crippen molar-refractivity contribution in [3.05, 3.63) is 22.2 Å². The molecule has 5 nitrogen and oxygen atoms in total. The largest absolute Gasteiger partial charge is 0.481 e. The fourth-order valence-electron chi connectivity index (χ4n) is 1.70. The number of nitrogens with two attached hydrogens (primary N) is 1. The SMILES string of the molecule is COCC(C)NC(=O)COc1c(C)cc(Br)cc1N. The van der Waals surface area contributed by atoms with Gasteiger partial charge in [-0.3, -0.25) is 4.79 Å². The number of nitrogen functional groups attached to an aromatic ring is 1. The average Bonchev–Trinajstić information content (AvgIpc) is 2.27. The Morgan fingerprint density at radius 2 is 2.21 bits per heavy atom. The zero-order chi connectivity index (χ0) is 14.4. The van der Waals surface area contributed by atoms with Crippen LogP contribution in [0.25, 0.3) is 0 Å². The number of rotatable bonds is 6. The van der Waals surface area contributed by atoms with Gasteiger partial charge in [-0.15, -0.1) is 0 Å². The summed E-state index contributed by atoms with van der Waals surface area (Å²) in [5.41, 5.74) is 7.23. The molecule has 1 rings (SSSR count). The summed E-state index contributed by atoms with van der Waals surface area (Å²) >= 11 is 3.35. The molecule has 1 amide bonds. The highest BCUT2D eigenvalue weighted by atomic mass is 79.9. The molecule has 6 heteroatoms. The molecule has 0 aliphatic rings. The van der Waals surface area contributed by atoms with Crippen molar-refractivity contribution >= 4 is 27.5 Å². The number of methoxy groups -OCH3 is 1. The van der Waals surface area contributed by atoms with E-state index in [2.05, 4.69) is 21.2 Å². The quantitative estimate of drug-likeness (QED) is 0.781. The van der Waals surface area contributed by atoms with E-state index in [1.807, 2.05) is 19.9 Å². The van der Waals surface area contributed by atoms with Crippen molar-refractivity contribution in [2.75, 3.05) is 26.1 Å². The molecule has 0 fully saturated rings. The summed E-state index contributed by atoms with van der Waals surface area (Å²) in [5.74, 6) is 0.337. The van der Waals surface area contributed by atoms with Gasteiger partial charge in [0, 0.05) is 17.6 Å². The summed E-state index contributed by atoms with van der Waals surface area (Å²) in [7, 11) is 1.59. The van der Waals surface area contributed by atoms with Crippen LogP contribution in [0.5, 0.6) is 5.75 Å². The summed E-state index contributed by atoms with van der Waals surface area (Å²) in [5, 5.41) is 2.76. The van der Waals surface area contributed by atoms with E-state index in [1.54, 1.807) is 13.2 Å². The van der Waals surface area contributed by atoms with E-state index in [9.17, 15) is 4.79 Å². The van der Waals surface area contributed by atoms with Crippen LogP contribution in [0.15, 0.2) is 16.6 Å². The van der Waals surface area contributed by atoms with Gasteiger partial charge in [0.25, 0.3) is 5.91 Å². The molecule has 0 aromatic heterocycles. The maximum absolute atomic E-state index is 11.6. The number of hydrogen-bond donors (Lipinski definition) is 2. The Kier molecular flexibility index (Phi) is 6.11. The molecule has 106 valence electrons. The third kappa shape index (κ3) is 5.08. The van der Waals surface area contributed by atoms with Crippen LogP contribution in [0.1, 0.15) is 12.5 Å². The first-order chi connectivity index (χ1) is 8.93. The van der Waals surface area contributed by atoms with Gasteiger partial charge in [-0.2, -0.15) is 0 Å². The van der Waals surface area contributed by atoms with E-state index in [0.29, 0.717) is 18.0 Å². The number of carbonyl (C=O) groups is 1. The maximum Gasteiger partial charge on any atom is 0.258 e. The van der Waals surface area contributed by atoms with Crippen LogP contribution in [0.4, 0.5) is 5.69 Å². The highest BCUT2D eigenvalue weighted by Crippen LogP contribution is 2.29. The number of benzene rings is 1. The number of ether oxygens (including phenoxy) is 2. The Morgan fingerprint density at radius 1 is 1.53 bits per heavy atom. The minimum Gasteiger partial charge on any atom is -0.481 e. The van der Waals surface area contributed by atoms with Crippen molar-refractivity contribution in [3.63, 3.8) is 0 Å². The predicted octanol–water partition coefficient (Wildman–Crippen LogP) is 1.87. The molecule has 0 saturated heterocycles. The van der Waals surface area contributed by atoms with E-state index in [-0.39, 0.29) is 18.6 Å². The van der Waals surface area contributed by atoms with Crippen molar-refractivity contribution in [1.29, 1.82) is 0 Å². The number of anilines is 1. The molecule has 1 aromatic carbocycles. The fraction of sp³-hybridized carbons (Fsp3) is 0.462. The zero-order valence-electron chi connectivity index (χ0n) is 11.3. The molecule has 0 aliphatic heterocycles. The number of carbonyl (C=O) groups excluding carboxylic acids is 1. The van der Waals surface area contributed by atoms with Gasteiger partial charge in [0.1, 0.15) is 5.75 Å². The van der Waals surface area contributed by atoms with E-state index < -0.39 is 0 Å². The molecule has 0 spiro atoms. The minimum absolute atomic E-state index is 0.0514. The molecule has 0 heterocycles. The van der Waals surface area contributed by atoms with Crippen LogP contribution in [-0.2, 0) is 9.53 Å². The van der Waals surface area contributed by atoms with Gasteiger partial charge in [0.2, 0.25) is 0 Å². The standard InChI is InChI=1S/C13H19BrN2O3/c1-8-4-10(14)5-11(15)13(8)19-7-12(17)16-9(2)6-18-3/h4-5,9H,6-7,15H2,1-3H3,(H,16,17). The lowest BCUT2D eigenvalue weighted by Crippen LogP contribution is -2.38. The van der Waals surface area contributed by atoms with Gasteiger partial charge in [0.05, 0.1) is 12.3 Å². The van der Waals surface area contributed by atoms with Gasteiger partial charge >= 0.3 is 0 Å². The molecule has 0 saturated carbocycles. The highest BCUT2D eigenvalue weighted by Gasteiger charge is 2.11. The molecule has 1 aromatic rings. The first-order valence-electron chi connectivity index (χ1n) is 5.90. The van der Waals surface area contributed by atoms with E-state index >= 15 is 0 Å². The zero-order valence-corrected chi connectivity index (χ0v) is 12.9. The molecular weight excluding hydrogens is 312 g/mol. The predicted molar refractivity (Wildman–Crippen MR) is 78.3 cm³/mol. The van der Waals surface area contributed by atoms with Crippen molar-refractivity contribution in [2.45, 2.75) is 19.9 Å². The van der Waals surface area contributed by atoms with Gasteiger partial charge in [-0.1, -0.05) is 15.9 Å². The summed E-state index contributed by atoms with van der Waals surface area (Å²) < 4.78 is 11.3. The van der Waals surface area contributed by atoms with Crippen LogP contribution in [0.2, 0.25) is 0 Å². The number of nitrogens with one attached hydrogen (secondary N) is 1. The van der Waals surface area contributed by atoms with Crippen LogP contribution < -0.4 is 15.8 Å². The summed E-state index contributed by atoms with van der Waals surface area (Å²) in [6, 6.07) is 3.58. The smallest absolute Gasteiger partial charge is 0.258 e. The van der Waals surface area contributed by atoms with Crippen molar-refractivity contribution in [1.82, 2.24) is 5.32 Å². The van der Waals surface area contributed by atoms with Gasteiger partial charge in [-0.25, -0.2) is 0 Å². The molecule has 0 radical (unpaired) electrons. The maximum atomic E-state index is 11.6. The van der Waals surface area contributed by atoms with E-state index in [0.717, 1.165) is 10.0 Å². The van der Waals surface area contributed by atoms with Gasteiger partial charge in [0.15, 0.2) is 6.61 Å². The van der Waals surface area contributed by atoms with Crippen molar-refractivity contribution < 1.29 is 14.3 Å². The molecule has 0 bridgehead atoms. The molecule has 1 atom stereocenters. The van der Waals surface area contributed by atoms with E-state index in [4.69, 9.17) is 15.2 Å². The summed E-state index contributed by atoms with van der Waals surface area (Å²) in [6.45, 7) is 4.13. The van der Waals surface area contributed by atoms with Gasteiger partial charge < -0.3 is 20.5 Å². The van der Waals surface area contributed by atoms with Crippen molar-refractivity contribution in [3.8, 4) is 5.75 Å². The van der Waals surface area contributed by atoms with Crippen LogP contribution in [-0.4, -0.2) is 32.3 Å². The molecule has 3 N–H and O–H groups in total. The van der Waals surface area contributed by atoms with Crippen LogP contribution in [0.3, 0.4) is 0 Å². The van der Waals surface area contributed by atoms with Crippen LogP contribution in [0, 0.1) is 6.92 Å². The third-order valence-corrected chi connectivity index (χ3v) is 2.90. The second-order valence-electron chi connectivity index (χ2n) is 4.35. The fourth-order valence-corrected chi connectivity index (χ4v) is 2.29. The van der Waals surface area contributed by atoms with Crippen molar-refractivity contribution in [2.24, 2.45) is 0 Å². The number of halogens is 1. The first kappa shape index (κ1) is 15.8. The Balaban J connectivity index is 2.55. The highest BCUT2D eigenvalue weighted by molar-refractivity contribution is 9.10. The summed E-state index contributed by atoms with van der Waals surface area (Å²) in [6.07, 6.45) is 0. The van der Waals surface area contributed by atoms with E-state index in [1.165, 1.54) is 0 Å². The number of aryl methyl sites for hydroxylation is 1. The summed E-state index contributed by atoms with van der Waals surface area (Å²) in [4.78, 5) is 11.6. The molecule has 19 heavy (non-hydrogen) atoms. The molecular formula is C13H19BrN2O3. The number of hydrogen-bond acceptors (Lipinski definition) is 4. The minimum atomic E-state index is -0.203. The number of amides is 1. The average molecular weight is 331 g/mol. The van der Waals surface area contributed by atoms with Gasteiger partial charge in [-0.05, 0) is 31.5 Å². The second kappa shape index (κ2) is 7.35. The second-order valence-corrected chi connectivity index (χ2v) is 5.27. The first-order valence-corrected chi connectivity index (χ1v) is 6.70. The monoisotopic (exact) mass is 330 g/mol.